The zero-order valence-corrected chi connectivity index (χ0v) is 16.5. The molecule has 0 spiro atoms. The van der Waals surface area contributed by atoms with Crippen molar-refractivity contribution in [2.24, 2.45) is 0 Å². The molecule has 0 fully saturated rings. The SMILES string of the molecule is CCOC(=O)c1ccccc1NC(=O)c1cnc(Nc2ccc(C)cc2C)nc1. The molecule has 0 saturated carbocycles. The lowest BCUT2D eigenvalue weighted by Crippen LogP contribution is -2.16. The molecule has 3 rings (SSSR count). The molecule has 0 bridgehead atoms. The van der Waals surface area contributed by atoms with E-state index in [1.54, 1.807) is 31.2 Å². The quantitative estimate of drug-likeness (QED) is 0.611. The van der Waals surface area contributed by atoms with Crippen LogP contribution in [0.25, 0.3) is 0 Å². The van der Waals surface area contributed by atoms with E-state index in [-0.39, 0.29) is 17.7 Å². The minimum atomic E-state index is -0.493. The van der Waals surface area contributed by atoms with E-state index in [4.69, 9.17) is 4.74 Å². The Morgan fingerprint density at radius 1 is 1.00 bits per heavy atom. The summed E-state index contributed by atoms with van der Waals surface area (Å²) in [7, 11) is 0. The Kier molecular flexibility index (Phi) is 6.19. The smallest absolute Gasteiger partial charge is 0.340 e. The van der Waals surface area contributed by atoms with Crippen molar-refractivity contribution in [3.8, 4) is 0 Å². The van der Waals surface area contributed by atoms with E-state index in [0.29, 0.717) is 11.6 Å². The molecular formula is C22H22N4O3. The average Bonchev–Trinajstić information content (AvgIpc) is 2.71. The van der Waals surface area contributed by atoms with Gasteiger partial charge >= 0.3 is 5.97 Å². The van der Waals surface area contributed by atoms with Crippen molar-refractivity contribution in [2.45, 2.75) is 20.8 Å². The number of nitrogens with zero attached hydrogens (tertiary/aromatic N) is 2. The third-order valence-corrected chi connectivity index (χ3v) is 4.21. The van der Waals surface area contributed by atoms with Crippen LogP contribution in [0.15, 0.2) is 54.9 Å². The predicted octanol–water partition coefficient (Wildman–Crippen LogP) is 4.27. The Morgan fingerprint density at radius 2 is 1.72 bits per heavy atom. The number of nitrogens with one attached hydrogen (secondary N) is 2. The van der Waals surface area contributed by atoms with Gasteiger partial charge in [-0.3, -0.25) is 4.79 Å². The Balaban J connectivity index is 1.72. The fraction of sp³-hybridized carbons (Fsp3) is 0.182. The molecule has 0 atom stereocenters. The highest BCUT2D eigenvalue weighted by Gasteiger charge is 2.15. The highest BCUT2D eigenvalue weighted by atomic mass is 16.5. The van der Waals surface area contributed by atoms with Crippen LogP contribution < -0.4 is 10.6 Å². The molecule has 7 heteroatoms. The van der Waals surface area contributed by atoms with Crippen LogP contribution in [0.1, 0.15) is 38.8 Å². The van der Waals surface area contributed by atoms with Gasteiger partial charge in [0.05, 0.1) is 23.4 Å². The number of hydrogen-bond acceptors (Lipinski definition) is 6. The molecule has 3 aromatic rings. The zero-order chi connectivity index (χ0) is 20.8. The number of hydrogen-bond donors (Lipinski definition) is 2. The molecule has 2 N–H and O–H groups in total. The summed E-state index contributed by atoms with van der Waals surface area (Å²) in [4.78, 5) is 33.0. The summed E-state index contributed by atoms with van der Waals surface area (Å²) in [6, 6.07) is 12.7. The van der Waals surface area contributed by atoms with Gasteiger partial charge in [-0.25, -0.2) is 14.8 Å². The van der Waals surface area contributed by atoms with Gasteiger partial charge < -0.3 is 15.4 Å². The number of amides is 1. The van der Waals surface area contributed by atoms with Crippen LogP contribution in [-0.2, 0) is 4.74 Å². The summed E-state index contributed by atoms with van der Waals surface area (Å²) in [6.45, 7) is 6.01. The number of aromatic nitrogens is 2. The molecule has 0 aliphatic carbocycles. The third-order valence-electron chi connectivity index (χ3n) is 4.21. The second-order valence-corrected chi connectivity index (χ2v) is 6.46. The lowest BCUT2D eigenvalue weighted by Gasteiger charge is -2.11. The van der Waals surface area contributed by atoms with Crippen molar-refractivity contribution >= 4 is 29.2 Å². The largest absolute Gasteiger partial charge is 0.462 e. The Bertz CT molecular complexity index is 1030. The summed E-state index contributed by atoms with van der Waals surface area (Å²) in [6.07, 6.45) is 2.86. The monoisotopic (exact) mass is 390 g/mol. The van der Waals surface area contributed by atoms with Crippen LogP contribution in [0.5, 0.6) is 0 Å². The Morgan fingerprint density at radius 3 is 2.41 bits per heavy atom. The predicted molar refractivity (Wildman–Crippen MR) is 112 cm³/mol. The van der Waals surface area contributed by atoms with E-state index in [1.165, 1.54) is 18.0 Å². The lowest BCUT2D eigenvalue weighted by molar-refractivity contribution is 0.0527. The second-order valence-electron chi connectivity index (χ2n) is 6.46. The maximum absolute atomic E-state index is 12.5. The van der Waals surface area contributed by atoms with E-state index in [2.05, 4.69) is 26.7 Å². The van der Waals surface area contributed by atoms with E-state index in [0.717, 1.165) is 11.3 Å². The van der Waals surface area contributed by atoms with Gasteiger partial charge in [-0.1, -0.05) is 29.8 Å². The summed E-state index contributed by atoms with van der Waals surface area (Å²) < 4.78 is 5.02. The second kappa shape index (κ2) is 8.97. The van der Waals surface area contributed by atoms with E-state index < -0.39 is 11.9 Å². The summed E-state index contributed by atoms with van der Waals surface area (Å²) in [5.41, 5.74) is 4.08. The minimum Gasteiger partial charge on any atom is -0.462 e. The summed E-state index contributed by atoms with van der Waals surface area (Å²) in [5.74, 6) is -0.520. The van der Waals surface area contributed by atoms with Crippen LogP contribution >= 0.6 is 0 Å². The molecule has 0 unspecified atom stereocenters. The van der Waals surface area contributed by atoms with Gasteiger partial charge in [0.15, 0.2) is 0 Å². The van der Waals surface area contributed by atoms with Crippen LogP contribution in [0.4, 0.5) is 17.3 Å². The normalized spacial score (nSPS) is 10.3. The van der Waals surface area contributed by atoms with Gasteiger partial charge in [0.1, 0.15) is 0 Å². The maximum atomic E-state index is 12.5. The molecular weight excluding hydrogens is 368 g/mol. The Labute approximate surface area is 169 Å². The number of carbonyl (C=O) groups is 2. The lowest BCUT2D eigenvalue weighted by atomic mass is 10.1. The number of benzene rings is 2. The van der Waals surface area contributed by atoms with Gasteiger partial charge in [-0.15, -0.1) is 0 Å². The van der Waals surface area contributed by atoms with Gasteiger partial charge in [-0.2, -0.15) is 0 Å². The standard InChI is InChI=1S/C22H22N4O3/c1-4-29-21(28)17-7-5-6-8-19(17)25-20(27)16-12-23-22(24-13-16)26-18-10-9-14(2)11-15(18)3/h5-13H,4H2,1-3H3,(H,25,27)(H,23,24,26). The molecule has 0 saturated heterocycles. The van der Waals surface area contributed by atoms with E-state index >= 15 is 0 Å². The first-order valence-corrected chi connectivity index (χ1v) is 9.21. The van der Waals surface area contributed by atoms with E-state index in [1.807, 2.05) is 26.0 Å². The molecule has 148 valence electrons. The van der Waals surface area contributed by atoms with Crippen LogP contribution in [0.2, 0.25) is 0 Å². The number of esters is 1. The van der Waals surface area contributed by atoms with Gasteiger partial charge in [0.25, 0.3) is 5.91 Å². The molecule has 0 aliphatic heterocycles. The van der Waals surface area contributed by atoms with Crippen LogP contribution in [0.3, 0.4) is 0 Å². The third kappa shape index (κ3) is 4.95. The summed E-state index contributed by atoms with van der Waals surface area (Å²) in [5, 5.41) is 5.85. The number of ether oxygens (including phenoxy) is 1. The average molecular weight is 390 g/mol. The number of anilines is 3. The van der Waals surface area contributed by atoms with Crippen LogP contribution in [0, 0.1) is 13.8 Å². The molecule has 29 heavy (non-hydrogen) atoms. The maximum Gasteiger partial charge on any atom is 0.340 e. The number of rotatable bonds is 6. The Hall–Kier alpha value is -3.74. The van der Waals surface area contributed by atoms with E-state index in [9.17, 15) is 9.59 Å². The first kappa shape index (κ1) is 20.0. The molecule has 2 aromatic carbocycles. The van der Waals surface area contributed by atoms with Gasteiger partial charge in [-0.05, 0) is 44.5 Å². The zero-order valence-electron chi connectivity index (χ0n) is 16.5. The van der Waals surface area contributed by atoms with Crippen molar-refractivity contribution in [2.75, 3.05) is 17.2 Å². The van der Waals surface area contributed by atoms with Crippen molar-refractivity contribution in [3.63, 3.8) is 0 Å². The number of para-hydroxylation sites is 1. The highest BCUT2D eigenvalue weighted by molar-refractivity contribution is 6.07. The first-order valence-electron chi connectivity index (χ1n) is 9.21. The van der Waals surface area contributed by atoms with Crippen molar-refractivity contribution < 1.29 is 14.3 Å². The number of aryl methyl sites for hydroxylation is 2. The van der Waals surface area contributed by atoms with Crippen molar-refractivity contribution in [3.05, 3.63) is 77.1 Å². The van der Waals surface area contributed by atoms with Crippen LogP contribution in [-0.4, -0.2) is 28.5 Å². The molecule has 1 aromatic heterocycles. The fourth-order valence-electron chi connectivity index (χ4n) is 2.76. The minimum absolute atomic E-state index is 0.254. The van der Waals surface area contributed by atoms with Gasteiger partial charge in [0, 0.05) is 18.1 Å². The number of carbonyl (C=O) groups excluding carboxylic acids is 2. The highest BCUT2D eigenvalue weighted by Crippen LogP contribution is 2.20. The molecule has 0 radical (unpaired) electrons. The first-order chi connectivity index (χ1) is 14.0. The molecule has 7 nitrogen and oxygen atoms in total. The summed E-state index contributed by atoms with van der Waals surface area (Å²) >= 11 is 0. The molecule has 1 amide bonds. The van der Waals surface area contributed by atoms with Crippen molar-refractivity contribution in [1.82, 2.24) is 9.97 Å². The topological polar surface area (TPSA) is 93.2 Å². The fourth-order valence-corrected chi connectivity index (χ4v) is 2.76. The van der Waals surface area contributed by atoms with Crippen molar-refractivity contribution in [1.29, 1.82) is 0 Å². The molecule has 0 aliphatic rings. The van der Waals surface area contributed by atoms with Gasteiger partial charge in [0.2, 0.25) is 5.95 Å². The molecule has 1 heterocycles.